The van der Waals surface area contributed by atoms with Gasteiger partial charge in [-0.05, 0) is 31.9 Å². The van der Waals surface area contributed by atoms with Gasteiger partial charge in [0, 0.05) is 0 Å². The number of aromatic nitrogens is 2. The van der Waals surface area contributed by atoms with Gasteiger partial charge >= 0.3 is 0 Å². The quantitative estimate of drug-likeness (QED) is 0.824. The van der Waals surface area contributed by atoms with E-state index in [-0.39, 0.29) is 12.5 Å². The topological polar surface area (TPSA) is 80.9 Å². The summed E-state index contributed by atoms with van der Waals surface area (Å²) in [6.45, 7) is 3.96. The fourth-order valence-electron chi connectivity index (χ4n) is 1.63. The van der Waals surface area contributed by atoms with Gasteiger partial charge in [0.25, 0.3) is 5.91 Å². The third-order valence-corrected chi connectivity index (χ3v) is 3.49. The standard InChI is InChI=1S/C14H14N4OS/c1-9-13(20-10(2)16-9)14(19)18-12-7-3-5-11(17-12)6-4-8-15/h3,5,7H,8,15H2,1-2H3,(H,17,18,19). The van der Waals surface area contributed by atoms with Crippen molar-refractivity contribution >= 4 is 23.1 Å². The number of nitrogens with two attached hydrogens (primary N) is 1. The summed E-state index contributed by atoms with van der Waals surface area (Å²) in [6, 6.07) is 5.27. The van der Waals surface area contributed by atoms with E-state index in [0.29, 0.717) is 16.4 Å². The molecule has 1 amide bonds. The smallest absolute Gasteiger partial charge is 0.268 e. The van der Waals surface area contributed by atoms with Crippen LogP contribution < -0.4 is 11.1 Å². The summed E-state index contributed by atoms with van der Waals surface area (Å²) in [4.78, 5) is 21.2. The van der Waals surface area contributed by atoms with Crippen LogP contribution >= 0.6 is 11.3 Å². The Labute approximate surface area is 121 Å². The first kappa shape index (κ1) is 14.2. The van der Waals surface area contributed by atoms with E-state index in [1.165, 1.54) is 11.3 Å². The van der Waals surface area contributed by atoms with Crippen molar-refractivity contribution in [3.63, 3.8) is 0 Å². The molecule has 5 nitrogen and oxygen atoms in total. The Morgan fingerprint density at radius 1 is 1.40 bits per heavy atom. The van der Waals surface area contributed by atoms with Crippen LogP contribution in [-0.2, 0) is 0 Å². The summed E-state index contributed by atoms with van der Waals surface area (Å²) < 4.78 is 0. The fraction of sp³-hybridized carbons (Fsp3) is 0.214. The highest BCUT2D eigenvalue weighted by Gasteiger charge is 2.14. The van der Waals surface area contributed by atoms with E-state index in [1.807, 2.05) is 13.8 Å². The number of anilines is 1. The Kier molecular flexibility index (Phi) is 4.45. The molecule has 0 bridgehead atoms. The Hall–Kier alpha value is -2.23. The molecule has 3 N–H and O–H groups in total. The van der Waals surface area contributed by atoms with E-state index in [1.54, 1.807) is 18.2 Å². The van der Waals surface area contributed by atoms with E-state index in [4.69, 9.17) is 5.73 Å². The van der Waals surface area contributed by atoms with Crippen molar-refractivity contribution in [2.45, 2.75) is 13.8 Å². The molecule has 0 spiro atoms. The van der Waals surface area contributed by atoms with E-state index < -0.39 is 0 Å². The SMILES string of the molecule is Cc1nc(C)c(C(=O)Nc2cccc(C#CCN)n2)s1. The van der Waals surface area contributed by atoms with Crippen molar-refractivity contribution in [1.82, 2.24) is 9.97 Å². The van der Waals surface area contributed by atoms with Crippen molar-refractivity contribution in [2.75, 3.05) is 11.9 Å². The largest absolute Gasteiger partial charge is 0.320 e. The van der Waals surface area contributed by atoms with Gasteiger partial charge < -0.3 is 11.1 Å². The normalized spacial score (nSPS) is 9.75. The van der Waals surface area contributed by atoms with Crippen molar-refractivity contribution in [3.8, 4) is 11.8 Å². The number of amides is 1. The molecule has 0 unspecified atom stereocenters. The number of aryl methyl sites for hydroxylation is 2. The second kappa shape index (κ2) is 6.28. The minimum Gasteiger partial charge on any atom is -0.320 e. The summed E-state index contributed by atoms with van der Waals surface area (Å²) >= 11 is 1.36. The van der Waals surface area contributed by atoms with Crippen LogP contribution in [0.3, 0.4) is 0 Å². The Morgan fingerprint density at radius 3 is 2.85 bits per heavy atom. The molecule has 0 saturated carbocycles. The average molecular weight is 286 g/mol. The van der Waals surface area contributed by atoms with Gasteiger partial charge in [-0.2, -0.15) is 0 Å². The van der Waals surface area contributed by atoms with Crippen molar-refractivity contribution in [3.05, 3.63) is 39.5 Å². The number of nitrogens with zero attached hydrogens (tertiary/aromatic N) is 2. The number of pyridine rings is 1. The van der Waals surface area contributed by atoms with Crippen LogP contribution in [0, 0.1) is 25.7 Å². The third-order valence-electron chi connectivity index (χ3n) is 2.42. The molecule has 0 aliphatic heterocycles. The number of hydrogen-bond donors (Lipinski definition) is 2. The molecule has 0 fully saturated rings. The van der Waals surface area contributed by atoms with E-state index in [9.17, 15) is 4.79 Å². The molecular weight excluding hydrogens is 272 g/mol. The number of nitrogens with one attached hydrogen (secondary N) is 1. The van der Waals surface area contributed by atoms with Crippen LogP contribution in [0.15, 0.2) is 18.2 Å². The summed E-state index contributed by atoms with van der Waals surface area (Å²) in [7, 11) is 0. The minimum atomic E-state index is -0.204. The van der Waals surface area contributed by atoms with Gasteiger partial charge in [-0.1, -0.05) is 12.0 Å². The lowest BCUT2D eigenvalue weighted by Crippen LogP contribution is -2.12. The van der Waals surface area contributed by atoms with Gasteiger partial charge in [0.2, 0.25) is 0 Å². The third kappa shape index (κ3) is 3.41. The molecule has 2 aromatic rings. The summed E-state index contributed by atoms with van der Waals surface area (Å²) in [5.41, 5.74) is 6.61. The predicted octanol–water partition coefficient (Wildman–Crippen LogP) is 1.72. The van der Waals surface area contributed by atoms with Crippen LogP contribution in [0.4, 0.5) is 5.82 Å². The van der Waals surface area contributed by atoms with Crippen LogP contribution in [-0.4, -0.2) is 22.4 Å². The number of thiazole rings is 1. The average Bonchev–Trinajstić information content (AvgIpc) is 2.76. The highest BCUT2D eigenvalue weighted by molar-refractivity contribution is 7.13. The van der Waals surface area contributed by atoms with Gasteiger partial charge in [0.05, 0.1) is 17.2 Å². The monoisotopic (exact) mass is 286 g/mol. The molecule has 0 saturated heterocycles. The zero-order valence-corrected chi connectivity index (χ0v) is 12.0. The van der Waals surface area contributed by atoms with Gasteiger partial charge in [0.15, 0.2) is 0 Å². The maximum absolute atomic E-state index is 12.1. The van der Waals surface area contributed by atoms with Crippen molar-refractivity contribution in [1.29, 1.82) is 0 Å². The zero-order chi connectivity index (χ0) is 14.5. The number of carbonyl (C=O) groups excluding carboxylic acids is 1. The molecule has 20 heavy (non-hydrogen) atoms. The lowest BCUT2D eigenvalue weighted by Gasteiger charge is -2.03. The highest BCUT2D eigenvalue weighted by atomic mass is 32.1. The molecule has 102 valence electrons. The van der Waals surface area contributed by atoms with Crippen LogP contribution in [0.5, 0.6) is 0 Å². The zero-order valence-electron chi connectivity index (χ0n) is 11.2. The number of hydrogen-bond acceptors (Lipinski definition) is 5. The first-order chi connectivity index (χ1) is 9.60. The van der Waals surface area contributed by atoms with Crippen LogP contribution in [0.1, 0.15) is 26.1 Å². The van der Waals surface area contributed by atoms with Crippen molar-refractivity contribution < 1.29 is 4.79 Å². The molecule has 2 rings (SSSR count). The predicted molar refractivity (Wildman–Crippen MR) is 79.7 cm³/mol. The summed E-state index contributed by atoms with van der Waals surface area (Å²) in [5.74, 6) is 5.81. The summed E-state index contributed by atoms with van der Waals surface area (Å²) in [5, 5.41) is 3.61. The molecular formula is C14H14N4OS. The molecule has 6 heteroatoms. The van der Waals surface area contributed by atoms with Gasteiger partial charge in [-0.25, -0.2) is 9.97 Å². The second-order valence-electron chi connectivity index (χ2n) is 4.02. The van der Waals surface area contributed by atoms with Crippen LogP contribution in [0.25, 0.3) is 0 Å². The maximum Gasteiger partial charge on any atom is 0.268 e. The minimum absolute atomic E-state index is 0.204. The van der Waals surface area contributed by atoms with Gasteiger partial charge in [0.1, 0.15) is 16.4 Å². The molecule has 0 aliphatic carbocycles. The van der Waals surface area contributed by atoms with E-state index in [2.05, 4.69) is 27.1 Å². The van der Waals surface area contributed by atoms with E-state index >= 15 is 0 Å². The Bertz CT molecular complexity index is 697. The Morgan fingerprint density at radius 2 is 2.20 bits per heavy atom. The Balaban J connectivity index is 2.17. The van der Waals surface area contributed by atoms with E-state index in [0.717, 1.165) is 10.7 Å². The molecule has 0 radical (unpaired) electrons. The second-order valence-corrected chi connectivity index (χ2v) is 5.22. The lowest BCUT2D eigenvalue weighted by atomic mass is 10.3. The highest BCUT2D eigenvalue weighted by Crippen LogP contribution is 2.18. The number of rotatable bonds is 2. The number of carbonyl (C=O) groups is 1. The van der Waals surface area contributed by atoms with Crippen LogP contribution in [0.2, 0.25) is 0 Å². The maximum atomic E-state index is 12.1. The first-order valence-corrected chi connectivity index (χ1v) is 6.83. The van der Waals surface area contributed by atoms with Gasteiger partial charge in [-0.15, -0.1) is 11.3 Å². The first-order valence-electron chi connectivity index (χ1n) is 6.01. The fourth-order valence-corrected chi connectivity index (χ4v) is 2.45. The van der Waals surface area contributed by atoms with Crippen molar-refractivity contribution in [2.24, 2.45) is 5.73 Å². The molecule has 0 aromatic carbocycles. The summed E-state index contributed by atoms with van der Waals surface area (Å²) in [6.07, 6.45) is 0. The van der Waals surface area contributed by atoms with Gasteiger partial charge in [-0.3, -0.25) is 4.79 Å². The molecule has 2 heterocycles. The molecule has 0 atom stereocenters. The lowest BCUT2D eigenvalue weighted by molar-refractivity contribution is 0.102. The molecule has 2 aromatic heterocycles. The molecule has 0 aliphatic rings.